The minimum atomic E-state index is -1.12. The van der Waals surface area contributed by atoms with Crippen LogP contribution in [0, 0.1) is 6.92 Å². The lowest BCUT2D eigenvalue weighted by molar-refractivity contribution is 0.0696. The van der Waals surface area contributed by atoms with Crippen LogP contribution in [0.4, 0.5) is 5.69 Å². The summed E-state index contributed by atoms with van der Waals surface area (Å²) < 4.78 is 6.73. The number of nitrogens with zero attached hydrogens (tertiary/aromatic N) is 3. The molecule has 0 spiro atoms. The van der Waals surface area contributed by atoms with Crippen LogP contribution in [0.3, 0.4) is 0 Å². The van der Waals surface area contributed by atoms with Crippen molar-refractivity contribution in [2.75, 3.05) is 12.4 Å². The Hall–Kier alpha value is -3.10. The number of aromatic nitrogens is 3. The standard InChI is InChI=1S/C19H16Cl2N4O4/c1-10-17(23-24-25(10)9-11-3-5-13(20)14(21)7-11)18(26)22-15-8-12(19(27)28)4-6-16(15)29-2/h3-8H,9H2,1-2H3,(H,22,26)(H,27,28). The second kappa shape index (κ2) is 8.50. The molecule has 0 aliphatic heterocycles. The molecule has 1 aromatic heterocycles. The molecule has 29 heavy (non-hydrogen) atoms. The first-order valence-electron chi connectivity index (χ1n) is 8.37. The van der Waals surface area contributed by atoms with Gasteiger partial charge in [0.1, 0.15) is 5.75 Å². The Morgan fingerprint density at radius 2 is 1.93 bits per heavy atom. The van der Waals surface area contributed by atoms with E-state index in [9.17, 15) is 9.59 Å². The fourth-order valence-corrected chi connectivity index (χ4v) is 2.97. The van der Waals surface area contributed by atoms with E-state index < -0.39 is 11.9 Å². The van der Waals surface area contributed by atoms with Gasteiger partial charge in [0.2, 0.25) is 0 Å². The largest absolute Gasteiger partial charge is 0.495 e. The maximum absolute atomic E-state index is 12.7. The lowest BCUT2D eigenvalue weighted by Gasteiger charge is -2.10. The van der Waals surface area contributed by atoms with Gasteiger partial charge in [-0.25, -0.2) is 9.48 Å². The molecule has 0 bridgehead atoms. The van der Waals surface area contributed by atoms with Crippen LogP contribution in [0.25, 0.3) is 0 Å². The number of rotatable bonds is 6. The number of hydrogen-bond donors (Lipinski definition) is 2. The lowest BCUT2D eigenvalue weighted by Crippen LogP contribution is -2.15. The number of nitrogens with one attached hydrogen (secondary N) is 1. The van der Waals surface area contributed by atoms with Crippen LogP contribution in [0.2, 0.25) is 10.0 Å². The van der Waals surface area contributed by atoms with Crippen LogP contribution in [-0.4, -0.2) is 39.1 Å². The Kier molecular flexibility index (Phi) is 6.05. The highest BCUT2D eigenvalue weighted by atomic mass is 35.5. The summed E-state index contributed by atoms with van der Waals surface area (Å²) in [6.45, 7) is 2.05. The van der Waals surface area contributed by atoms with Gasteiger partial charge in [-0.2, -0.15) is 0 Å². The third-order valence-electron chi connectivity index (χ3n) is 4.21. The monoisotopic (exact) mass is 434 g/mol. The quantitative estimate of drug-likeness (QED) is 0.609. The predicted molar refractivity (Wildman–Crippen MR) is 108 cm³/mol. The Morgan fingerprint density at radius 3 is 2.59 bits per heavy atom. The molecular weight excluding hydrogens is 419 g/mol. The fraction of sp³-hybridized carbons (Fsp3) is 0.158. The molecular formula is C19H16Cl2N4O4. The van der Waals surface area contributed by atoms with Crippen LogP contribution in [0.1, 0.15) is 32.1 Å². The van der Waals surface area contributed by atoms with Gasteiger partial charge in [0.15, 0.2) is 5.69 Å². The SMILES string of the molecule is COc1ccc(C(=O)O)cc1NC(=O)c1nnn(Cc2ccc(Cl)c(Cl)c2)c1C. The van der Waals surface area contributed by atoms with Crippen LogP contribution >= 0.6 is 23.2 Å². The topological polar surface area (TPSA) is 106 Å². The summed E-state index contributed by atoms with van der Waals surface area (Å²) in [7, 11) is 1.42. The second-order valence-electron chi connectivity index (χ2n) is 6.10. The van der Waals surface area contributed by atoms with Gasteiger partial charge >= 0.3 is 5.97 Å². The van der Waals surface area contributed by atoms with Gasteiger partial charge in [-0.3, -0.25) is 4.79 Å². The van der Waals surface area contributed by atoms with E-state index in [1.165, 1.54) is 25.3 Å². The van der Waals surface area contributed by atoms with Crippen molar-refractivity contribution in [3.63, 3.8) is 0 Å². The Labute approximate surface area is 176 Å². The molecule has 150 valence electrons. The molecule has 1 heterocycles. The molecule has 0 unspecified atom stereocenters. The molecule has 1 amide bonds. The number of halogens is 2. The highest BCUT2D eigenvalue weighted by Gasteiger charge is 2.19. The molecule has 2 N–H and O–H groups in total. The van der Waals surface area contributed by atoms with E-state index in [-0.39, 0.29) is 16.9 Å². The van der Waals surface area contributed by atoms with Gasteiger partial charge in [-0.05, 0) is 42.8 Å². The zero-order chi connectivity index (χ0) is 21.1. The van der Waals surface area contributed by atoms with Crippen molar-refractivity contribution in [3.05, 3.63) is 69.0 Å². The van der Waals surface area contributed by atoms with E-state index >= 15 is 0 Å². The van der Waals surface area contributed by atoms with E-state index in [0.717, 1.165) is 5.56 Å². The average molecular weight is 435 g/mol. The Morgan fingerprint density at radius 1 is 1.17 bits per heavy atom. The zero-order valence-corrected chi connectivity index (χ0v) is 17.0. The first kappa shape index (κ1) is 20.6. The van der Waals surface area contributed by atoms with Gasteiger partial charge in [0.25, 0.3) is 5.91 Å². The smallest absolute Gasteiger partial charge is 0.335 e. The zero-order valence-electron chi connectivity index (χ0n) is 15.4. The molecule has 0 saturated heterocycles. The average Bonchev–Trinajstić information content (AvgIpc) is 3.05. The van der Waals surface area contributed by atoms with Crippen molar-refractivity contribution >= 4 is 40.8 Å². The first-order chi connectivity index (χ1) is 13.8. The molecule has 0 atom stereocenters. The predicted octanol–water partition coefficient (Wildman–Crippen LogP) is 3.90. The van der Waals surface area contributed by atoms with Gasteiger partial charge in [0.05, 0.1) is 40.6 Å². The van der Waals surface area contributed by atoms with E-state index in [4.69, 9.17) is 33.0 Å². The number of anilines is 1. The Balaban J connectivity index is 1.83. The summed E-state index contributed by atoms with van der Waals surface area (Å²) in [5.41, 5.74) is 1.71. The molecule has 2 aromatic carbocycles. The third-order valence-corrected chi connectivity index (χ3v) is 4.95. The van der Waals surface area contributed by atoms with Crippen LogP contribution in [0.5, 0.6) is 5.75 Å². The molecule has 8 nitrogen and oxygen atoms in total. The molecule has 3 rings (SSSR count). The maximum atomic E-state index is 12.7. The number of carboxylic acids is 1. The molecule has 10 heteroatoms. The van der Waals surface area contributed by atoms with Crippen LogP contribution in [-0.2, 0) is 6.54 Å². The maximum Gasteiger partial charge on any atom is 0.335 e. The van der Waals surface area contributed by atoms with Crippen molar-refractivity contribution in [2.45, 2.75) is 13.5 Å². The van der Waals surface area contributed by atoms with Crippen molar-refractivity contribution in [2.24, 2.45) is 0 Å². The van der Waals surface area contributed by atoms with Gasteiger partial charge in [0, 0.05) is 0 Å². The number of aromatic carboxylic acids is 1. The molecule has 0 aliphatic carbocycles. The van der Waals surface area contributed by atoms with Crippen molar-refractivity contribution < 1.29 is 19.4 Å². The number of carboxylic acid groups (broad SMARTS) is 1. The summed E-state index contributed by atoms with van der Waals surface area (Å²) in [6.07, 6.45) is 0. The summed E-state index contributed by atoms with van der Waals surface area (Å²) >= 11 is 12.0. The van der Waals surface area contributed by atoms with Gasteiger partial charge < -0.3 is 15.2 Å². The summed E-state index contributed by atoms with van der Waals surface area (Å²) in [5, 5.41) is 20.6. The minimum absolute atomic E-state index is 0.0149. The fourth-order valence-electron chi connectivity index (χ4n) is 2.65. The van der Waals surface area contributed by atoms with E-state index in [1.54, 1.807) is 29.8 Å². The normalized spacial score (nSPS) is 10.6. The van der Waals surface area contributed by atoms with Crippen molar-refractivity contribution in [1.82, 2.24) is 15.0 Å². The van der Waals surface area contributed by atoms with Gasteiger partial charge in [-0.1, -0.05) is 34.5 Å². The number of carbonyl (C=O) groups is 2. The number of carbonyl (C=O) groups excluding carboxylic acids is 1. The number of amides is 1. The Bertz CT molecular complexity index is 1100. The molecule has 0 aliphatic rings. The van der Waals surface area contributed by atoms with Gasteiger partial charge in [-0.15, -0.1) is 5.10 Å². The van der Waals surface area contributed by atoms with E-state index in [2.05, 4.69) is 15.6 Å². The molecule has 3 aromatic rings. The minimum Gasteiger partial charge on any atom is -0.495 e. The summed E-state index contributed by atoms with van der Waals surface area (Å²) in [4.78, 5) is 23.9. The highest BCUT2D eigenvalue weighted by Crippen LogP contribution is 2.26. The second-order valence-corrected chi connectivity index (χ2v) is 6.92. The number of methoxy groups -OCH3 is 1. The molecule has 0 radical (unpaired) electrons. The first-order valence-corrected chi connectivity index (χ1v) is 9.12. The van der Waals surface area contributed by atoms with Crippen LogP contribution < -0.4 is 10.1 Å². The van der Waals surface area contributed by atoms with Crippen molar-refractivity contribution in [1.29, 1.82) is 0 Å². The molecule has 0 saturated carbocycles. The van der Waals surface area contributed by atoms with Crippen molar-refractivity contribution in [3.8, 4) is 5.75 Å². The number of hydrogen-bond acceptors (Lipinski definition) is 5. The number of ether oxygens (including phenoxy) is 1. The highest BCUT2D eigenvalue weighted by molar-refractivity contribution is 6.42. The third kappa shape index (κ3) is 4.49. The van der Waals surface area contributed by atoms with Crippen LogP contribution in [0.15, 0.2) is 36.4 Å². The summed E-state index contributed by atoms with van der Waals surface area (Å²) in [5.74, 6) is -1.33. The number of benzene rings is 2. The van der Waals surface area contributed by atoms with E-state index in [1.807, 2.05) is 0 Å². The van der Waals surface area contributed by atoms with E-state index in [0.29, 0.717) is 28.0 Å². The summed E-state index contributed by atoms with van der Waals surface area (Å²) in [6, 6.07) is 9.36. The lowest BCUT2D eigenvalue weighted by atomic mass is 10.2. The molecule has 0 fully saturated rings.